The zero-order chi connectivity index (χ0) is 24.2. The highest BCUT2D eigenvalue weighted by Gasteiger charge is 2.19. The molecule has 3 aromatic carbocycles. The molecule has 0 spiro atoms. The first kappa shape index (κ1) is 23.0. The minimum absolute atomic E-state index is 0.00586. The largest absolute Gasteiger partial charge is 0.494 e. The van der Waals surface area contributed by atoms with Crippen molar-refractivity contribution >= 4 is 28.3 Å². The van der Waals surface area contributed by atoms with E-state index < -0.39 is 11.2 Å². The fraction of sp³-hybridized carbons (Fsp3) is 0.179. The van der Waals surface area contributed by atoms with Gasteiger partial charge in [0.25, 0.3) is 0 Å². The molecule has 6 nitrogen and oxygen atoms in total. The predicted octanol–water partition coefficient (Wildman–Crippen LogP) is 4.89. The molecule has 0 radical (unpaired) electrons. The molecule has 4 rings (SSSR count). The summed E-state index contributed by atoms with van der Waals surface area (Å²) in [5.74, 6) is -0.125. The van der Waals surface area contributed by atoms with E-state index in [-0.39, 0.29) is 18.0 Å². The Morgan fingerprint density at radius 2 is 1.71 bits per heavy atom. The number of benzene rings is 3. The molecule has 0 aliphatic rings. The predicted molar refractivity (Wildman–Crippen MR) is 134 cm³/mol. The number of nitrogens with one attached hydrogen (secondary N) is 1. The van der Waals surface area contributed by atoms with Gasteiger partial charge in [-0.1, -0.05) is 36.4 Å². The van der Waals surface area contributed by atoms with Gasteiger partial charge in [-0.2, -0.15) is 0 Å². The molecule has 0 bridgehead atoms. The molecule has 0 unspecified atom stereocenters. The molecule has 0 aliphatic heterocycles. The smallest absolute Gasteiger partial charge is 0.244 e. The molecule has 0 saturated heterocycles. The van der Waals surface area contributed by atoms with Crippen LogP contribution in [0.15, 0.2) is 77.7 Å². The van der Waals surface area contributed by atoms with Gasteiger partial charge in [0.05, 0.1) is 23.1 Å². The number of nitrogens with zero attached hydrogens (tertiary/aromatic N) is 1. The van der Waals surface area contributed by atoms with Gasteiger partial charge in [0, 0.05) is 17.4 Å². The average molecular weight is 455 g/mol. The fourth-order valence-corrected chi connectivity index (χ4v) is 3.85. The van der Waals surface area contributed by atoms with E-state index >= 15 is 0 Å². The highest BCUT2D eigenvalue weighted by molar-refractivity contribution is 6.10. The van der Waals surface area contributed by atoms with E-state index in [1.165, 1.54) is 6.20 Å². The van der Waals surface area contributed by atoms with Gasteiger partial charge in [0.15, 0.2) is 5.78 Å². The quantitative estimate of drug-likeness (QED) is 0.404. The highest BCUT2D eigenvalue weighted by atomic mass is 16.5. The third-order valence-electron chi connectivity index (χ3n) is 5.75. The van der Waals surface area contributed by atoms with Crippen molar-refractivity contribution in [2.45, 2.75) is 27.3 Å². The third-order valence-corrected chi connectivity index (χ3v) is 5.75. The summed E-state index contributed by atoms with van der Waals surface area (Å²) in [6.07, 6.45) is 1.47. The van der Waals surface area contributed by atoms with Gasteiger partial charge in [0.2, 0.25) is 11.3 Å². The van der Waals surface area contributed by atoms with Crippen LogP contribution < -0.4 is 15.5 Å². The van der Waals surface area contributed by atoms with Gasteiger partial charge in [-0.3, -0.25) is 14.4 Å². The second-order valence-electron chi connectivity index (χ2n) is 8.15. The van der Waals surface area contributed by atoms with Crippen LogP contribution in [0.25, 0.3) is 10.9 Å². The van der Waals surface area contributed by atoms with Crippen LogP contribution >= 0.6 is 0 Å². The summed E-state index contributed by atoms with van der Waals surface area (Å²) in [6, 6.07) is 19.5. The number of carbonyl (C=O) groups is 2. The topological polar surface area (TPSA) is 77.4 Å². The second-order valence-corrected chi connectivity index (χ2v) is 8.15. The Morgan fingerprint density at radius 3 is 2.41 bits per heavy atom. The Hall–Kier alpha value is -4.19. The number of aryl methyl sites for hydroxylation is 2. The van der Waals surface area contributed by atoms with Crippen LogP contribution in [0.5, 0.6) is 5.75 Å². The van der Waals surface area contributed by atoms with E-state index in [0.29, 0.717) is 34.5 Å². The van der Waals surface area contributed by atoms with Crippen LogP contribution in [-0.2, 0) is 11.3 Å². The second kappa shape index (κ2) is 9.75. The summed E-state index contributed by atoms with van der Waals surface area (Å²) in [5, 5.41) is 3.23. The van der Waals surface area contributed by atoms with E-state index in [4.69, 9.17) is 4.74 Å². The highest BCUT2D eigenvalue weighted by Crippen LogP contribution is 2.21. The first-order valence-corrected chi connectivity index (χ1v) is 11.1. The van der Waals surface area contributed by atoms with Crippen molar-refractivity contribution in [1.82, 2.24) is 4.57 Å². The number of aromatic nitrogens is 1. The Balaban J connectivity index is 1.77. The molecule has 1 N–H and O–H groups in total. The Kier molecular flexibility index (Phi) is 6.59. The normalized spacial score (nSPS) is 10.8. The summed E-state index contributed by atoms with van der Waals surface area (Å²) in [7, 11) is 0. The Morgan fingerprint density at radius 1 is 0.941 bits per heavy atom. The SMILES string of the molecule is CCOc1ccc2c(c1)c(=O)c(C(=O)c1ccccc1)cn2CC(=O)Nc1ccc(C)c(C)c1. The van der Waals surface area contributed by atoms with Gasteiger partial charge < -0.3 is 14.6 Å². The van der Waals surface area contributed by atoms with E-state index in [2.05, 4.69) is 5.32 Å². The lowest BCUT2D eigenvalue weighted by atomic mass is 10.0. The number of hydrogen-bond acceptors (Lipinski definition) is 4. The van der Waals surface area contributed by atoms with E-state index in [9.17, 15) is 14.4 Å². The molecule has 1 amide bonds. The number of hydrogen-bond donors (Lipinski definition) is 1. The monoisotopic (exact) mass is 454 g/mol. The molecule has 1 aromatic heterocycles. The van der Waals surface area contributed by atoms with Crippen molar-refractivity contribution in [2.75, 3.05) is 11.9 Å². The Labute approximate surface area is 197 Å². The average Bonchev–Trinajstić information content (AvgIpc) is 2.83. The van der Waals surface area contributed by atoms with Gasteiger partial charge in [-0.05, 0) is 62.2 Å². The maximum atomic E-state index is 13.3. The molecule has 6 heteroatoms. The molecule has 4 aromatic rings. The van der Waals surface area contributed by atoms with Crippen molar-refractivity contribution in [3.05, 3.63) is 105 Å². The summed E-state index contributed by atoms with van der Waals surface area (Å²) in [4.78, 5) is 39.4. The molecular weight excluding hydrogens is 428 g/mol. The number of ketones is 1. The van der Waals surface area contributed by atoms with Crippen molar-refractivity contribution in [3.8, 4) is 5.75 Å². The number of ether oxygens (including phenoxy) is 1. The minimum Gasteiger partial charge on any atom is -0.494 e. The van der Waals surface area contributed by atoms with Crippen molar-refractivity contribution < 1.29 is 14.3 Å². The van der Waals surface area contributed by atoms with Gasteiger partial charge >= 0.3 is 0 Å². The fourth-order valence-electron chi connectivity index (χ4n) is 3.85. The molecule has 1 heterocycles. The summed E-state index contributed by atoms with van der Waals surface area (Å²) >= 11 is 0. The van der Waals surface area contributed by atoms with Gasteiger partial charge in [-0.25, -0.2) is 0 Å². The molecular formula is C28H26N2O4. The molecule has 0 atom stereocenters. The molecule has 0 saturated carbocycles. The van der Waals surface area contributed by atoms with E-state index in [0.717, 1.165) is 11.1 Å². The van der Waals surface area contributed by atoms with Gasteiger partial charge in [0.1, 0.15) is 12.3 Å². The third kappa shape index (κ3) is 4.76. The number of carbonyl (C=O) groups excluding carboxylic acids is 2. The maximum absolute atomic E-state index is 13.3. The van der Waals surface area contributed by atoms with Crippen LogP contribution in [0.2, 0.25) is 0 Å². The first-order chi connectivity index (χ1) is 16.4. The van der Waals surface area contributed by atoms with Crippen LogP contribution in [0, 0.1) is 13.8 Å². The number of amides is 1. The van der Waals surface area contributed by atoms with Crippen molar-refractivity contribution in [2.24, 2.45) is 0 Å². The number of rotatable bonds is 7. The van der Waals surface area contributed by atoms with Crippen LogP contribution in [0.3, 0.4) is 0 Å². The maximum Gasteiger partial charge on any atom is 0.244 e. The van der Waals surface area contributed by atoms with Crippen LogP contribution in [0.1, 0.15) is 34.0 Å². The lowest BCUT2D eigenvalue weighted by Crippen LogP contribution is -2.24. The van der Waals surface area contributed by atoms with Crippen molar-refractivity contribution in [3.63, 3.8) is 0 Å². The summed E-state index contributed by atoms with van der Waals surface area (Å²) in [6.45, 7) is 6.23. The van der Waals surface area contributed by atoms with Gasteiger partial charge in [-0.15, -0.1) is 0 Å². The zero-order valence-corrected chi connectivity index (χ0v) is 19.4. The lowest BCUT2D eigenvalue weighted by molar-refractivity contribution is -0.116. The zero-order valence-electron chi connectivity index (χ0n) is 19.4. The first-order valence-electron chi connectivity index (χ1n) is 11.1. The minimum atomic E-state index is -0.392. The molecule has 34 heavy (non-hydrogen) atoms. The summed E-state index contributed by atoms with van der Waals surface area (Å²) < 4.78 is 7.20. The standard InChI is InChI=1S/C28H26N2O4/c1-4-34-22-12-13-25-23(15-22)28(33)24(27(32)20-8-6-5-7-9-20)16-30(25)17-26(31)29-21-11-10-18(2)19(3)14-21/h5-16H,4,17H2,1-3H3,(H,29,31). The van der Waals surface area contributed by atoms with Crippen molar-refractivity contribution in [1.29, 1.82) is 0 Å². The number of anilines is 1. The van der Waals surface area contributed by atoms with Crippen LogP contribution in [-0.4, -0.2) is 22.9 Å². The number of pyridine rings is 1. The molecule has 0 fully saturated rings. The molecule has 172 valence electrons. The number of fused-ring (bicyclic) bond motifs is 1. The van der Waals surface area contributed by atoms with E-state index in [1.54, 1.807) is 53.1 Å². The lowest BCUT2D eigenvalue weighted by Gasteiger charge is -2.15. The Bertz CT molecular complexity index is 1440. The van der Waals surface area contributed by atoms with Crippen LogP contribution in [0.4, 0.5) is 5.69 Å². The molecule has 0 aliphatic carbocycles. The van der Waals surface area contributed by atoms with E-state index in [1.807, 2.05) is 39.0 Å². The summed E-state index contributed by atoms with van der Waals surface area (Å²) in [5.41, 5.74) is 3.48.